The predicted octanol–water partition coefficient (Wildman–Crippen LogP) is 3.46. The van der Waals surface area contributed by atoms with Crippen LogP contribution >= 0.6 is 11.6 Å². The maximum absolute atomic E-state index is 13.2. The third kappa shape index (κ3) is 6.03. The van der Waals surface area contributed by atoms with E-state index in [0.29, 0.717) is 10.8 Å². The maximum atomic E-state index is 13.2. The van der Waals surface area contributed by atoms with E-state index >= 15 is 0 Å². The molecule has 0 bridgehead atoms. The Morgan fingerprint density at radius 1 is 1.19 bits per heavy atom. The van der Waals surface area contributed by atoms with E-state index in [1.807, 2.05) is 20.8 Å². The summed E-state index contributed by atoms with van der Waals surface area (Å²) in [4.78, 5) is 29.0. The molecule has 8 nitrogen and oxygen atoms in total. The number of hydrogen-bond donors (Lipinski definition) is 1. The van der Waals surface area contributed by atoms with Gasteiger partial charge in [-0.3, -0.25) is 9.59 Å². The minimum Gasteiger partial charge on any atom is -0.352 e. The van der Waals surface area contributed by atoms with Crippen molar-refractivity contribution in [1.82, 2.24) is 30.4 Å². The Labute approximate surface area is 188 Å². The molecule has 1 heterocycles. The number of carbonyl (C=O) groups excluding carboxylic acids is 2. The lowest BCUT2D eigenvalue weighted by molar-refractivity contribution is -0.146. The van der Waals surface area contributed by atoms with Crippen molar-refractivity contribution in [1.29, 1.82) is 0 Å². The van der Waals surface area contributed by atoms with Gasteiger partial charge in [-0.15, -0.1) is 10.2 Å². The maximum Gasteiger partial charge on any atom is 0.247 e. The molecule has 1 atom stereocenters. The molecule has 2 aromatic rings. The SMILES string of the molecule is CC(C(=O)NC1CCCCC1)N(C(=O)Cn1nnc(-c2ccc(Cl)cc2)n1)C(C)(C)C. The number of carbonyl (C=O) groups is 2. The van der Waals surface area contributed by atoms with Crippen LogP contribution in [-0.2, 0) is 16.1 Å². The first kappa shape index (κ1) is 23.2. The Kier molecular flexibility index (Phi) is 7.30. The Balaban J connectivity index is 1.70. The quantitative estimate of drug-likeness (QED) is 0.733. The van der Waals surface area contributed by atoms with Gasteiger partial charge >= 0.3 is 0 Å². The van der Waals surface area contributed by atoms with Gasteiger partial charge < -0.3 is 10.2 Å². The molecule has 1 aliphatic carbocycles. The Morgan fingerprint density at radius 2 is 1.84 bits per heavy atom. The van der Waals surface area contributed by atoms with Crippen LogP contribution in [0, 0.1) is 0 Å². The van der Waals surface area contributed by atoms with Crippen LogP contribution in [0.2, 0.25) is 5.02 Å². The van der Waals surface area contributed by atoms with E-state index < -0.39 is 11.6 Å². The Hall–Kier alpha value is -2.48. The summed E-state index contributed by atoms with van der Waals surface area (Å²) in [6, 6.07) is 6.68. The molecular weight excluding hydrogens is 416 g/mol. The number of nitrogens with zero attached hydrogens (tertiary/aromatic N) is 5. The van der Waals surface area contributed by atoms with Crippen LogP contribution in [0.3, 0.4) is 0 Å². The summed E-state index contributed by atoms with van der Waals surface area (Å²) in [5, 5.41) is 16.1. The van der Waals surface area contributed by atoms with Crippen LogP contribution in [0.5, 0.6) is 0 Å². The van der Waals surface area contributed by atoms with Crippen LogP contribution in [0.1, 0.15) is 59.8 Å². The van der Waals surface area contributed by atoms with Crippen LogP contribution in [0.25, 0.3) is 11.4 Å². The van der Waals surface area contributed by atoms with E-state index in [1.54, 1.807) is 36.1 Å². The van der Waals surface area contributed by atoms with E-state index in [0.717, 1.165) is 31.2 Å². The van der Waals surface area contributed by atoms with Crippen molar-refractivity contribution < 1.29 is 9.59 Å². The van der Waals surface area contributed by atoms with Crippen molar-refractivity contribution in [2.75, 3.05) is 0 Å². The predicted molar refractivity (Wildman–Crippen MR) is 119 cm³/mol. The van der Waals surface area contributed by atoms with Crippen molar-refractivity contribution in [3.8, 4) is 11.4 Å². The zero-order valence-corrected chi connectivity index (χ0v) is 19.4. The van der Waals surface area contributed by atoms with E-state index in [-0.39, 0.29) is 24.4 Å². The van der Waals surface area contributed by atoms with Crippen LogP contribution in [0.15, 0.2) is 24.3 Å². The molecule has 0 spiro atoms. The van der Waals surface area contributed by atoms with E-state index in [2.05, 4.69) is 20.7 Å². The van der Waals surface area contributed by atoms with Gasteiger partial charge in [-0.1, -0.05) is 30.9 Å². The fraction of sp³-hybridized carbons (Fsp3) is 0.591. The molecule has 0 saturated heterocycles. The molecule has 31 heavy (non-hydrogen) atoms. The van der Waals surface area contributed by atoms with Crippen molar-refractivity contribution in [2.24, 2.45) is 0 Å². The lowest BCUT2D eigenvalue weighted by Crippen LogP contribution is -2.58. The van der Waals surface area contributed by atoms with E-state index in [9.17, 15) is 9.59 Å². The fourth-order valence-electron chi connectivity index (χ4n) is 4.08. The molecule has 0 radical (unpaired) electrons. The Morgan fingerprint density at radius 3 is 2.45 bits per heavy atom. The first-order valence-electron chi connectivity index (χ1n) is 10.8. The monoisotopic (exact) mass is 446 g/mol. The zero-order chi connectivity index (χ0) is 22.6. The van der Waals surface area contributed by atoms with Crippen molar-refractivity contribution >= 4 is 23.4 Å². The fourth-order valence-corrected chi connectivity index (χ4v) is 4.20. The molecule has 9 heteroatoms. The Bertz CT molecular complexity index is 899. The molecule has 2 amide bonds. The standard InChI is InChI=1S/C22H31ClN6O2/c1-15(21(31)24-18-8-6-5-7-9-18)29(22(2,3)4)19(30)14-28-26-20(25-27-28)16-10-12-17(23)13-11-16/h10-13,15,18H,5-9,14H2,1-4H3,(H,24,31). The number of benzene rings is 1. The second-order valence-electron chi connectivity index (χ2n) is 9.10. The average molecular weight is 447 g/mol. The minimum absolute atomic E-state index is 0.0983. The molecule has 1 N–H and O–H groups in total. The van der Waals surface area contributed by atoms with Crippen LogP contribution < -0.4 is 5.32 Å². The first-order valence-corrected chi connectivity index (χ1v) is 11.2. The third-order valence-electron chi connectivity index (χ3n) is 5.54. The molecule has 1 aromatic heterocycles. The molecule has 1 fully saturated rings. The van der Waals surface area contributed by atoms with Gasteiger partial charge in [0.05, 0.1) is 0 Å². The summed E-state index contributed by atoms with van der Waals surface area (Å²) in [6.07, 6.45) is 5.48. The van der Waals surface area contributed by atoms with Crippen molar-refractivity contribution in [3.63, 3.8) is 0 Å². The molecule has 168 valence electrons. The number of aromatic nitrogens is 4. The highest BCUT2D eigenvalue weighted by atomic mass is 35.5. The van der Waals surface area contributed by atoms with Gasteiger partial charge in [0.2, 0.25) is 17.6 Å². The van der Waals surface area contributed by atoms with Crippen molar-refractivity contribution in [3.05, 3.63) is 29.3 Å². The molecule has 3 rings (SSSR count). The highest BCUT2D eigenvalue weighted by Crippen LogP contribution is 2.21. The van der Waals surface area contributed by atoms with Crippen LogP contribution in [0.4, 0.5) is 0 Å². The molecule has 1 aromatic carbocycles. The van der Waals surface area contributed by atoms with Gasteiger partial charge in [0, 0.05) is 22.2 Å². The minimum atomic E-state index is -0.603. The molecule has 1 saturated carbocycles. The number of rotatable bonds is 6. The second kappa shape index (κ2) is 9.77. The topological polar surface area (TPSA) is 93.0 Å². The van der Waals surface area contributed by atoms with Gasteiger partial charge in [0.25, 0.3) is 0 Å². The summed E-state index contributed by atoms with van der Waals surface area (Å²) in [7, 11) is 0. The second-order valence-corrected chi connectivity index (χ2v) is 9.54. The number of hydrogen-bond acceptors (Lipinski definition) is 5. The lowest BCUT2D eigenvalue weighted by Gasteiger charge is -2.40. The number of tetrazole rings is 1. The number of halogens is 1. The average Bonchev–Trinajstić information content (AvgIpc) is 3.16. The van der Waals surface area contributed by atoms with E-state index in [1.165, 1.54) is 11.2 Å². The molecule has 1 unspecified atom stereocenters. The largest absolute Gasteiger partial charge is 0.352 e. The van der Waals surface area contributed by atoms with Gasteiger partial charge in [-0.05, 0) is 70.0 Å². The van der Waals surface area contributed by atoms with Gasteiger partial charge in [0.15, 0.2) is 0 Å². The highest BCUT2D eigenvalue weighted by Gasteiger charge is 2.35. The van der Waals surface area contributed by atoms with Crippen molar-refractivity contribution in [2.45, 2.75) is 84.0 Å². The number of nitrogens with one attached hydrogen (secondary N) is 1. The first-order chi connectivity index (χ1) is 14.6. The van der Waals surface area contributed by atoms with Gasteiger partial charge in [-0.2, -0.15) is 4.80 Å². The van der Waals surface area contributed by atoms with Crippen LogP contribution in [-0.4, -0.2) is 54.5 Å². The molecular formula is C22H31ClN6O2. The van der Waals surface area contributed by atoms with Gasteiger partial charge in [0.1, 0.15) is 12.6 Å². The van der Waals surface area contributed by atoms with Gasteiger partial charge in [-0.25, -0.2) is 0 Å². The lowest BCUT2D eigenvalue weighted by atomic mass is 9.95. The molecule has 1 aliphatic rings. The molecule has 0 aliphatic heterocycles. The normalized spacial score (nSPS) is 16.0. The smallest absolute Gasteiger partial charge is 0.247 e. The third-order valence-corrected chi connectivity index (χ3v) is 5.79. The summed E-state index contributed by atoms with van der Waals surface area (Å²) < 4.78 is 0. The summed E-state index contributed by atoms with van der Waals surface area (Å²) in [5.41, 5.74) is 0.219. The zero-order valence-electron chi connectivity index (χ0n) is 18.6. The summed E-state index contributed by atoms with van der Waals surface area (Å²) in [5.74, 6) is 0.0530. The van der Waals surface area contributed by atoms with E-state index in [4.69, 9.17) is 11.6 Å². The highest BCUT2D eigenvalue weighted by molar-refractivity contribution is 6.30. The number of amides is 2. The summed E-state index contributed by atoms with van der Waals surface area (Å²) >= 11 is 5.92. The summed E-state index contributed by atoms with van der Waals surface area (Å²) in [6.45, 7) is 7.43.